The molecule has 0 fully saturated rings. The van der Waals surface area contributed by atoms with E-state index in [-0.39, 0.29) is 0 Å². The Balaban J connectivity index is 0. The fourth-order valence-electron chi connectivity index (χ4n) is 0.509. The minimum atomic E-state index is -1.34. The Bertz CT molecular complexity index is 261. The summed E-state index contributed by atoms with van der Waals surface area (Å²) in [5.41, 5.74) is 8.61. The monoisotopic (exact) mass is 252 g/mol. The number of hydrogen-bond donors (Lipinski definition) is 6. The molecule has 1 unspecified atom stereocenters. The van der Waals surface area contributed by atoms with Gasteiger partial charge in [-0.15, -0.1) is 0 Å². The molecule has 0 aromatic carbocycles. The van der Waals surface area contributed by atoms with Crippen LogP contribution in [0.1, 0.15) is 20.8 Å². The molecule has 102 valence electrons. The molecule has 0 saturated carbocycles. The lowest BCUT2D eigenvalue weighted by Crippen LogP contribution is -2.48. The first-order valence-electron chi connectivity index (χ1n) is 4.78. The molecule has 0 aliphatic carbocycles. The lowest BCUT2D eigenvalue weighted by molar-refractivity contribution is -0.144. The number of carboxylic acids is 2. The highest BCUT2D eigenvalue weighted by atomic mass is 16.4. The Labute approximate surface area is 98.8 Å². The second-order valence-electron chi connectivity index (χ2n) is 4.07. The van der Waals surface area contributed by atoms with E-state index in [0.29, 0.717) is 0 Å². The molecule has 17 heavy (non-hydrogen) atoms. The molecule has 8 nitrogen and oxygen atoms in total. The van der Waals surface area contributed by atoms with E-state index in [4.69, 9.17) is 31.9 Å². The van der Waals surface area contributed by atoms with Crippen LogP contribution in [0.4, 0.5) is 0 Å². The van der Waals surface area contributed by atoms with E-state index in [0.717, 1.165) is 0 Å². The number of aliphatic hydroxyl groups is 2. The van der Waals surface area contributed by atoms with E-state index in [1.165, 1.54) is 20.8 Å². The van der Waals surface area contributed by atoms with E-state index in [1.54, 1.807) is 0 Å². The minimum Gasteiger partial charge on any atom is -0.480 e. The molecule has 0 spiro atoms. The zero-order valence-corrected chi connectivity index (χ0v) is 9.99. The Morgan fingerprint density at radius 2 is 1.47 bits per heavy atom. The number of aliphatic carboxylic acids is 2. The fraction of sp³-hybridized carbons (Fsp3) is 0.778. The summed E-state index contributed by atoms with van der Waals surface area (Å²) >= 11 is 0. The summed E-state index contributed by atoms with van der Waals surface area (Å²) in [4.78, 5) is 19.9. The van der Waals surface area contributed by atoms with Gasteiger partial charge >= 0.3 is 11.9 Å². The van der Waals surface area contributed by atoms with Gasteiger partial charge in [-0.2, -0.15) is 0 Å². The van der Waals surface area contributed by atoms with Gasteiger partial charge in [0.2, 0.25) is 0 Å². The summed E-state index contributed by atoms with van der Waals surface area (Å²) in [5, 5.41) is 33.7. The van der Waals surface area contributed by atoms with Crippen LogP contribution in [0.15, 0.2) is 0 Å². The molecule has 0 amide bonds. The predicted octanol–water partition coefficient (Wildman–Crippen LogP) is -2.05. The topological polar surface area (TPSA) is 167 Å². The molecule has 0 saturated heterocycles. The van der Waals surface area contributed by atoms with Crippen molar-refractivity contribution in [3.05, 3.63) is 0 Å². The normalized spacial score (nSPS) is 16.2. The Morgan fingerprint density at radius 1 is 1.12 bits per heavy atom. The van der Waals surface area contributed by atoms with Gasteiger partial charge < -0.3 is 31.9 Å². The van der Waals surface area contributed by atoms with Crippen LogP contribution < -0.4 is 11.5 Å². The van der Waals surface area contributed by atoms with E-state index in [9.17, 15) is 9.59 Å². The lowest BCUT2D eigenvalue weighted by atomic mass is 10.0. The first-order chi connectivity index (χ1) is 7.41. The Kier molecular flexibility index (Phi) is 7.66. The molecule has 0 rings (SSSR count). The van der Waals surface area contributed by atoms with Crippen LogP contribution >= 0.6 is 0 Å². The van der Waals surface area contributed by atoms with Crippen LogP contribution in [-0.4, -0.2) is 56.2 Å². The summed E-state index contributed by atoms with van der Waals surface area (Å²) in [6, 6.07) is -2.37. The second kappa shape index (κ2) is 7.17. The SMILES string of the molecule is CC(C)(O)C(N)C(=O)O.C[C@@H](O)[C@H](N)C(=O)O. The van der Waals surface area contributed by atoms with Gasteiger partial charge in [0, 0.05) is 0 Å². The number of hydrogen-bond acceptors (Lipinski definition) is 6. The van der Waals surface area contributed by atoms with Gasteiger partial charge in [-0.25, -0.2) is 0 Å². The fourth-order valence-corrected chi connectivity index (χ4v) is 0.509. The van der Waals surface area contributed by atoms with E-state index in [1.807, 2.05) is 0 Å². The van der Waals surface area contributed by atoms with Crippen molar-refractivity contribution in [3.63, 3.8) is 0 Å². The zero-order chi connectivity index (χ0) is 14.4. The van der Waals surface area contributed by atoms with E-state index in [2.05, 4.69) is 0 Å². The third-order valence-electron chi connectivity index (χ3n) is 1.83. The number of nitrogens with two attached hydrogens (primary N) is 2. The van der Waals surface area contributed by atoms with E-state index >= 15 is 0 Å². The molecule has 0 aliphatic heterocycles. The Hall–Kier alpha value is -1.22. The average Bonchev–Trinajstić information content (AvgIpc) is 2.14. The van der Waals surface area contributed by atoms with Crippen molar-refractivity contribution in [1.82, 2.24) is 0 Å². The first-order valence-corrected chi connectivity index (χ1v) is 4.78. The molecule has 8 heteroatoms. The summed E-state index contributed by atoms with van der Waals surface area (Å²) in [6.07, 6.45) is -0.979. The molecule has 0 aromatic heterocycles. The van der Waals surface area contributed by atoms with Crippen molar-refractivity contribution >= 4 is 11.9 Å². The minimum absolute atomic E-state index is 0.979. The van der Waals surface area contributed by atoms with Gasteiger partial charge in [-0.05, 0) is 20.8 Å². The van der Waals surface area contributed by atoms with Crippen molar-refractivity contribution in [2.45, 2.75) is 44.6 Å². The molecule has 0 bridgehead atoms. The number of carboxylic acid groups (broad SMARTS) is 2. The summed E-state index contributed by atoms with van der Waals surface area (Å²) < 4.78 is 0. The van der Waals surface area contributed by atoms with Gasteiger partial charge in [0.1, 0.15) is 12.1 Å². The largest absolute Gasteiger partial charge is 0.480 e. The molecule has 0 aromatic rings. The maximum atomic E-state index is 10.1. The smallest absolute Gasteiger partial charge is 0.323 e. The van der Waals surface area contributed by atoms with Crippen molar-refractivity contribution in [2.75, 3.05) is 0 Å². The van der Waals surface area contributed by atoms with Gasteiger partial charge in [0.15, 0.2) is 0 Å². The quantitative estimate of drug-likeness (QED) is 0.332. The van der Waals surface area contributed by atoms with Crippen molar-refractivity contribution < 1.29 is 30.0 Å². The second-order valence-corrected chi connectivity index (χ2v) is 4.07. The lowest BCUT2D eigenvalue weighted by Gasteiger charge is -2.20. The Morgan fingerprint density at radius 3 is 1.47 bits per heavy atom. The number of carbonyl (C=O) groups is 2. The van der Waals surface area contributed by atoms with Crippen molar-refractivity contribution in [2.24, 2.45) is 11.5 Å². The predicted molar refractivity (Wildman–Crippen MR) is 59.2 cm³/mol. The van der Waals surface area contributed by atoms with Crippen LogP contribution in [0.3, 0.4) is 0 Å². The summed E-state index contributed by atoms with van der Waals surface area (Å²) in [7, 11) is 0. The first kappa shape index (κ1) is 18.2. The number of rotatable bonds is 4. The molecule has 8 N–H and O–H groups in total. The van der Waals surface area contributed by atoms with Crippen molar-refractivity contribution in [3.8, 4) is 0 Å². The van der Waals surface area contributed by atoms with E-state index < -0.39 is 35.7 Å². The zero-order valence-electron chi connectivity index (χ0n) is 9.99. The highest BCUT2D eigenvalue weighted by Crippen LogP contribution is 2.04. The highest BCUT2D eigenvalue weighted by Gasteiger charge is 2.28. The maximum Gasteiger partial charge on any atom is 0.323 e. The van der Waals surface area contributed by atoms with Crippen LogP contribution in [0, 0.1) is 0 Å². The molecule has 0 heterocycles. The standard InChI is InChI=1S/C5H11NO3.C4H9NO3/c1-5(2,9)3(6)4(7)8;1-2(6)3(5)4(7)8/h3,9H,6H2,1-2H3,(H,7,8);2-3,6H,5H2,1H3,(H,7,8)/t;2-,3+/m.1/s1. The van der Waals surface area contributed by atoms with Gasteiger partial charge in [0.05, 0.1) is 11.7 Å². The van der Waals surface area contributed by atoms with Gasteiger partial charge in [-0.3, -0.25) is 9.59 Å². The number of aliphatic hydroxyl groups excluding tert-OH is 1. The highest BCUT2D eigenvalue weighted by molar-refractivity contribution is 5.74. The molecule has 0 aliphatic rings. The summed E-state index contributed by atoms with van der Waals surface area (Å²) in [6.45, 7) is 4.04. The summed E-state index contributed by atoms with van der Waals surface area (Å²) in [5.74, 6) is -2.37. The van der Waals surface area contributed by atoms with Crippen LogP contribution in [0.2, 0.25) is 0 Å². The third-order valence-corrected chi connectivity index (χ3v) is 1.83. The van der Waals surface area contributed by atoms with Crippen LogP contribution in [0.5, 0.6) is 0 Å². The van der Waals surface area contributed by atoms with Crippen LogP contribution in [0.25, 0.3) is 0 Å². The van der Waals surface area contributed by atoms with Gasteiger partial charge in [-0.1, -0.05) is 0 Å². The third kappa shape index (κ3) is 8.57. The van der Waals surface area contributed by atoms with Gasteiger partial charge in [0.25, 0.3) is 0 Å². The molecule has 3 atom stereocenters. The molecular weight excluding hydrogens is 232 g/mol. The molecular formula is C9H20N2O6. The maximum absolute atomic E-state index is 10.1. The average molecular weight is 252 g/mol. The molecule has 0 radical (unpaired) electrons. The van der Waals surface area contributed by atoms with Crippen molar-refractivity contribution in [1.29, 1.82) is 0 Å². The van der Waals surface area contributed by atoms with Crippen LogP contribution in [-0.2, 0) is 9.59 Å².